The molecule has 0 spiro atoms. The fraction of sp³-hybridized carbons (Fsp3) is 0.152. The van der Waals surface area contributed by atoms with Crippen LogP contribution in [-0.2, 0) is 47.5 Å². The summed E-state index contributed by atoms with van der Waals surface area (Å²) in [5.41, 5.74) is 32.2. The SMILES string of the molecule is CC1(C)c2ccccc2-c2ccc(-c3ccc4c(c3)C(C)(C)c3cc(-c5ccc(OCC(=O)/C=C(\O)COc6ccc(-c7ccc8c(c7)C(C)(C)c7cc(-c9ccc%10c(c9)C(C)(C)c9ccccc9-%10)ccc7-8)cc6)cc5)ccc3-4)cc21.[Pt].[c-]1ccccc1-c1nccc2ccccc12. The predicted octanol–water partition coefficient (Wildman–Crippen LogP) is 22.7. The Bertz CT molecular complexity index is 5360. The summed E-state index contributed by atoms with van der Waals surface area (Å²) in [6.45, 7) is 18.3. The number of carbonyl (C=O) groups is 1. The first-order valence-corrected chi connectivity index (χ1v) is 33.7. The normalized spacial score (nSPS) is 14.6. The van der Waals surface area contributed by atoms with Crippen molar-refractivity contribution < 1.29 is 40.4 Å². The molecular weight excluding hydrogens is 1380 g/mol. The van der Waals surface area contributed by atoms with Crippen LogP contribution >= 0.6 is 0 Å². The van der Waals surface area contributed by atoms with Crippen molar-refractivity contribution in [1.29, 1.82) is 0 Å². The first kappa shape index (κ1) is 63.6. The van der Waals surface area contributed by atoms with E-state index in [1.807, 2.05) is 97.2 Å². The Kier molecular flexibility index (Phi) is 15.9. The topological polar surface area (TPSA) is 68.7 Å². The Morgan fingerprint density at radius 1 is 0.378 bits per heavy atom. The number of fused-ring (bicyclic) bond motifs is 13. The van der Waals surface area contributed by atoms with E-state index in [1.54, 1.807) is 0 Å². The first-order chi connectivity index (χ1) is 46.9. The molecule has 98 heavy (non-hydrogen) atoms. The van der Waals surface area contributed by atoms with Gasteiger partial charge < -0.3 is 19.6 Å². The van der Waals surface area contributed by atoms with Crippen molar-refractivity contribution in [2.45, 2.75) is 77.0 Å². The molecule has 0 fully saturated rings. The van der Waals surface area contributed by atoms with Gasteiger partial charge in [0.2, 0.25) is 0 Å². The molecule has 0 amide bonds. The van der Waals surface area contributed by atoms with Crippen molar-refractivity contribution in [3.63, 3.8) is 0 Å². The van der Waals surface area contributed by atoms with Crippen LogP contribution in [-0.4, -0.2) is 29.1 Å². The maximum Gasteiger partial charge on any atom is 0.196 e. The van der Waals surface area contributed by atoms with Crippen molar-refractivity contribution in [3.8, 4) is 112 Å². The number of hydrogen-bond acceptors (Lipinski definition) is 5. The van der Waals surface area contributed by atoms with E-state index in [9.17, 15) is 9.90 Å². The smallest absolute Gasteiger partial charge is 0.196 e. The van der Waals surface area contributed by atoms with Crippen LogP contribution in [0.2, 0.25) is 0 Å². The summed E-state index contributed by atoms with van der Waals surface area (Å²) in [6, 6.07) is 96.3. The average molecular weight is 1450 g/mol. The summed E-state index contributed by atoms with van der Waals surface area (Å²) < 4.78 is 11.8. The van der Waals surface area contributed by atoms with E-state index in [0.717, 1.165) is 33.5 Å². The van der Waals surface area contributed by atoms with Crippen LogP contribution in [0, 0.1) is 6.07 Å². The summed E-state index contributed by atoms with van der Waals surface area (Å²) in [5.74, 6) is 0.633. The standard InChI is InChI=1S/C77H64O4.C15H10N.Pt/c1-74(2)66-15-11-9-13-58(66)60-33-23-50(39-68(60)74)52-25-35-64-62-31-21-48(37-70(62)76(5,6)72(64)41-52)46-17-27-56(28-18-46)80-44-54(78)43-55(79)45-81-57-29-19-47(20-30-57)49-22-32-63-65-36-26-53(42-73(65)77(7,8)71(63)38-49)51-24-34-61-59-14-10-12-16-67(59)75(3,4)69(61)40-51;1-2-7-13(8-3-1)15-14-9-5-4-6-12(14)10-11-16-15;/h9-43,78H,44-45H2,1-8H3;1-7,9-11H;/q;-1;/b54-43-;;. The minimum Gasteiger partial charge on any atom is -0.509 e. The molecule has 482 valence electrons. The maximum absolute atomic E-state index is 13.0. The Balaban J connectivity index is 0.000000402. The number of carbonyl (C=O) groups excluding carboxylic acids is 1. The quantitative estimate of drug-likeness (QED) is 0.0750. The Hall–Kier alpha value is -10.5. The van der Waals surface area contributed by atoms with E-state index in [1.165, 1.54) is 128 Å². The zero-order chi connectivity index (χ0) is 66.5. The van der Waals surface area contributed by atoms with Gasteiger partial charge in [0.15, 0.2) is 12.4 Å². The molecule has 1 heterocycles. The Morgan fingerprint density at radius 2 is 0.714 bits per heavy atom. The van der Waals surface area contributed by atoms with E-state index in [-0.39, 0.29) is 67.5 Å². The number of aliphatic hydroxyl groups excluding tert-OH is 1. The van der Waals surface area contributed by atoms with E-state index in [4.69, 9.17) is 9.47 Å². The predicted molar refractivity (Wildman–Crippen MR) is 398 cm³/mol. The monoisotopic (exact) mass is 1450 g/mol. The van der Waals surface area contributed by atoms with Crippen molar-refractivity contribution in [2.75, 3.05) is 13.2 Å². The third kappa shape index (κ3) is 10.9. The van der Waals surface area contributed by atoms with Gasteiger partial charge in [0.25, 0.3) is 0 Å². The van der Waals surface area contributed by atoms with Crippen molar-refractivity contribution >= 4 is 16.6 Å². The van der Waals surface area contributed by atoms with Gasteiger partial charge in [0.1, 0.15) is 23.9 Å². The van der Waals surface area contributed by atoms with Crippen molar-refractivity contribution in [2.24, 2.45) is 0 Å². The number of ether oxygens (including phenoxy) is 2. The molecule has 4 aliphatic carbocycles. The summed E-state index contributed by atoms with van der Waals surface area (Å²) >= 11 is 0. The summed E-state index contributed by atoms with van der Waals surface area (Å²) in [4.78, 5) is 17.4. The molecule has 0 saturated carbocycles. The van der Waals surface area contributed by atoms with Gasteiger partial charge >= 0.3 is 0 Å². The third-order valence-electron chi connectivity index (χ3n) is 21.3. The molecule has 0 unspecified atom stereocenters. The molecule has 4 aliphatic rings. The second-order valence-corrected chi connectivity index (χ2v) is 28.5. The van der Waals surface area contributed by atoms with E-state index in [0.29, 0.717) is 11.5 Å². The largest absolute Gasteiger partial charge is 0.509 e. The molecule has 0 radical (unpaired) electrons. The number of pyridine rings is 1. The van der Waals surface area contributed by atoms with E-state index >= 15 is 0 Å². The number of benzene rings is 12. The van der Waals surface area contributed by atoms with Gasteiger partial charge in [-0.3, -0.25) is 4.79 Å². The molecule has 12 aromatic carbocycles. The van der Waals surface area contributed by atoms with Crippen molar-refractivity contribution in [1.82, 2.24) is 4.98 Å². The van der Waals surface area contributed by atoms with Crippen LogP contribution in [0.4, 0.5) is 0 Å². The molecule has 13 aromatic rings. The third-order valence-corrected chi connectivity index (χ3v) is 21.3. The maximum atomic E-state index is 13.0. The van der Waals surface area contributed by atoms with E-state index in [2.05, 4.69) is 236 Å². The molecule has 1 N–H and O–H groups in total. The number of aliphatic hydroxyl groups is 1. The first-order valence-electron chi connectivity index (χ1n) is 33.7. The Morgan fingerprint density at radius 3 is 1.12 bits per heavy atom. The zero-order valence-corrected chi connectivity index (χ0v) is 58.6. The van der Waals surface area contributed by atoms with E-state index < -0.39 is 0 Å². The zero-order valence-electron chi connectivity index (χ0n) is 56.3. The second kappa shape index (κ2) is 24.6. The van der Waals surface area contributed by atoms with Crippen molar-refractivity contribution in [3.05, 3.63) is 329 Å². The average Bonchev–Trinajstić information content (AvgIpc) is 1.59. The molecule has 0 aliphatic heterocycles. The van der Waals surface area contributed by atoms with Gasteiger partial charge in [-0.15, -0.1) is 35.9 Å². The Labute approximate surface area is 589 Å². The summed E-state index contributed by atoms with van der Waals surface area (Å²) in [6.07, 6.45) is 3.03. The van der Waals surface area contributed by atoms with Gasteiger partial charge in [-0.2, -0.15) is 0 Å². The number of rotatable bonds is 12. The molecule has 0 saturated heterocycles. The molecule has 5 nitrogen and oxygen atoms in total. The minimum atomic E-state index is -0.360. The second-order valence-electron chi connectivity index (χ2n) is 28.5. The molecule has 0 atom stereocenters. The number of nitrogens with zero attached hydrogens (tertiary/aromatic N) is 1. The van der Waals surface area contributed by atoms with Gasteiger partial charge in [-0.1, -0.05) is 225 Å². The van der Waals surface area contributed by atoms with Gasteiger partial charge in [-0.25, -0.2) is 0 Å². The van der Waals surface area contributed by atoms with Gasteiger partial charge in [0, 0.05) is 55.0 Å². The van der Waals surface area contributed by atoms with Crippen LogP contribution < -0.4 is 9.47 Å². The molecular formula is C92H74NO4Pt-. The summed E-state index contributed by atoms with van der Waals surface area (Å²) in [7, 11) is 0. The number of ketones is 1. The van der Waals surface area contributed by atoms with Gasteiger partial charge in [0.05, 0.1) is 0 Å². The van der Waals surface area contributed by atoms with Crippen LogP contribution in [0.3, 0.4) is 0 Å². The molecule has 0 bridgehead atoms. The van der Waals surface area contributed by atoms with Gasteiger partial charge in [-0.05, 0) is 217 Å². The van der Waals surface area contributed by atoms with Crippen LogP contribution in [0.1, 0.15) is 99.9 Å². The molecule has 17 rings (SSSR count). The molecule has 1 aromatic heterocycles. The van der Waals surface area contributed by atoms with Crippen LogP contribution in [0.15, 0.2) is 279 Å². The fourth-order valence-electron chi connectivity index (χ4n) is 15.9. The fourth-order valence-corrected chi connectivity index (χ4v) is 15.9. The molecule has 6 heteroatoms. The number of hydrogen-bond donors (Lipinski definition) is 1. The summed E-state index contributed by atoms with van der Waals surface area (Å²) in [5, 5.41) is 13.1. The minimum absolute atomic E-state index is 0. The number of aromatic nitrogens is 1. The van der Waals surface area contributed by atoms with Crippen LogP contribution in [0.5, 0.6) is 11.5 Å². The van der Waals surface area contributed by atoms with Crippen LogP contribution in [0.25, 0.3) is 111 Å².